The Balaban J connectivity index is 1.59. The first kappa shape index (κ1) is 15.7. The lowest BCUT2D eigenvalue weighted by molar-refractivity contribution is -0.0316. The van der Waals surface area contributed by atoms with Gasteiger partial charge in [0.25, 0.3) is 5.91 Å². The van der Waals surface area contributed by atoms with Gasteiger partial charge in [-0.2, -0.15) is 0 Å². The lowest BCUT2D eigenvalue weighted by Crippen LogP contribution is -2.46. The molecule has 1 amide bonds. The number of benzene rings is 1. The van der Waals surface area contributed by atoms with E-state index < -0.39 is 0 Å². The Hall–Kier alpha value is -1.79. The Morgan fingerprint density at radius 3 is 2.83 bits per heavy atom. The van der Waals surface area contributed by atoms with Crippen LogP contribution < -0.4 is 9.47 Å². The second-order valence-electron chi connectivity index (χ2n) is 6.46. The number of carbonyl (C=O) groups is 1. The monoisotopic (exact) mass is 333 g/mol. The van der Waals surface area contributed by atoms with Crippen molar-refractivity contribution in [3.63, 3.8) is 0 Å². The van der Waals surface area contributed by atoms with Crippen LogP contribution in [-0.4, -0.2) is 62.5 Å². The average molecular weight is 333 g/mol. The van der Waals surface area contributed by atoms with Crippen molar-refractivity contribution in [2.75, 3.05) is 33.5 Å². The van der Waals surface area contributed by atoms with Crippen LogP contribution in [0.1, 0.15) is 29.6 Å². The summed E-state index contributed by atoms with van der Waals surface area (Å²) in [6.07, 6.45) is 2.76. The molecule has 2 aliphatic heterocycles. The molecular formula is C18H23NO5. The van der Waals surface area contributed by atoms with Crippen molar-refractivity contribution in [2.45, 2.75) is 37.5 Å². The molecule has 3 atom stereocenters. The Morgan fingerprint density at radius 2 is 2.00 bits per heavy atom. The highest BCUT2D eigenvalue weighted by atomic mass is 16.5. The minimum Gasteiger partial charge on any atom is -0.490 e. The molecule has 24 heavy (non-hydrogen) atoms. The molecule has 2 heterocycles. The number of methoxy groups -OCH3 is 1. The normalized spacial score (nSPS) is 29.0. The molecule has 6 heteroatoms. The van der Waals surface area contributed by atoms with Crippen LogP contribution in [0.5, 0.6) is 11.5 Å². The third-order valence-electron chi connectivity index (χ3n) is 5.08. The molecule has 0 spiro atoms. The number of nitrogens with zero attached hydrogens (tertiary/aromatic N) is 1. The molecule has 1 aliphatic carbocycles. The first-order chi connectivity index (χ1) is 11.8. The number of ether oxygens (including phenoxy) is 4. The molecule has 3 aliphatic rings. The number of amides is 1. The quantitative estimate of drug-likeness (QED) is 0.827. The average Bonchev–Trinajstić information content (AvgIpc) is 2.75. The molecule has 1 aromatic rings. The molecule has 1 aromatic carbocycles. The molecule has 1 saturated carbocycles. The smallest absolute Gasteiger partial charge is 0.254 e. The van der Waals surface area contributed by atoms with E-state index in [1.54, 1.807) is 13.2 Å². The summed E-state index contributed by atoms with van der Waals surface area (Å²) in [7, 11) is 1.70. The maximum Gasteiger partial charge on any atom is 0.254 e. The van der Waals surface area contributed by atoms with Crippen LogP contribution in [0.4, 0.5) is 0 Å². The largest absolute Gasteiger partial charge is 0.490 e. The summed E-state index contributed by atoms with van der Waals surface area (Å²) in [5.41, 5.74) is 0.624. The van der Waals surface area contributed by atoms with Gasteiger partial charge in [-0.05, 0) is 31.0 Å². The third kappa shape index (κ3) is 2.74. The molecule has 130 valence electrons. The van der Waals surface area contributed by atoms with Gasteiger partial charge in [0, 0.05) is 25.6 Å². The molecule has 0 radical (unpaired) electrons. The maximum absolute atomic E-state index is 13.1. The molecule has 4 rings (SSSR count). The molecule has 1 saturated heterocycles. The van der Waals surface area contributed by atoms with E-state index in [0.29, 0.717) is 43.4 Å². The van der Waals surface area contributed by atoms with Crippen molar-refractivity contribution >= 4 is 5.91 Å². The lowest BCUT2D eigenvalue weighted by Gasteiger charge is -2.30. The Morgan fingerprint density at radius 1 is 1.17 bits per heavy atom. The highest BCUT2D eigenvalue weighted by Crippen LogP contribution is 2.34. The van der Waals surface area contributed by atoms with Crippen molar-refractivity contribution in [3.05, 3.63) is 23.8 Å². The van der Waals surface area contributed by atoms with Crippen molar-refractivity contribution in [1.29, 1.82) is 0 Å². The fraction of sp³-hybridized carbons (Fsp3) is 0.611. The number of carbonyl (C=O) groups excluding carboxylic acids is 1. The van der Waals surface area contributed by atoms with Gasteiger partial charge < -0.3 is 23.8 Å². The van der Waals surface area contributed by atoms with Gasteiger partial charge in [-0.25, -0.2) is 0 Å². The third-order valence-corrected chi connectivity index (χ3v) is 5.08. The first-order valence-corrected chi connectivity index (χ1v) is 8.63. The van der Waals surface area contributed by atoms with Crippen LogP contribution in [0.25, 0.3) is 0 Å². The van der Waals surface area contributed by atoms with Gasteiger partial charge in [0.2, 0.25) is 0 Å². The zero-order chi connectivity index (χ0) is 16.5. The Kier molecular flexibility index (Phi) is 4.33. The predicted octanol–water partition coefficient (Wildman–Crippen LogP) is 1.87. The number of fused-ring (bicyclic) bond motifs is 3. The van der Waals surface area contributed by atoms with Crippen LogP contribution in [-0.2, 0) is 9.47 Å². The van der Waals surface area contributed by atoms with Crippen LogP contribution >= 0.6 is 0 Å². The molecule has 0 unspecified atom stereocenters. The summed E-state index contributed by atoms with van der Waals surface area (Å²) in [6, 6.07) is 5.51. The van der Waals surface area contributed by atoms with E-state index in [1.165, 1.54) is 0 Å². The Labute approximate surface area is 141 Å². The number of hydrogen-bond donors (Lipinski definition) is 0. The van der Waals surface area contributed by atoms with Gasteiger partial charge in [0.05, 0.1) is 32.0 Å². The molecule has 2 fully saturated rings. The predicted molar refractivity (Wildman–Crippen MR) is 86.6 cm³/mol. The van der Waals surface area contributed by atoms with E-state index in [2.05, 4.69) is 0 Å². The van der Waals surface area contributed by atoms with Crippen molar-refractivity contribution in [1.82, 2.24) is 4.90 Å². The summed E-state index contributed by atoms with van der Waals surface area (Å²) >= 11 is 0. The van der Waals surface area contributed by atoms with E-state index in [9.17, 15) is 4.79 Å². The zero-order valence-electron chi connectivity index (χ0n) is 13.9. The van der Waals surface area contributed by atoms with E-state index in [4.69, 9.17) is 18.9 Å². The molecule has 0 aromatic heterocycles. The van der Waals surface area contributed by atoms with Gasteiger partial charge in [-0.15, -0.1) is 0 Å². The molecule has 6 nitrogen and oxygen atoms in total. The fourth-order valence-electron chi connectivity index (χ4n) is 3.91. The van der Waals surface area contributed by atoms with Gasteiger partial charge in [-0.3, -0.25) is 4.79 Å². The van der Waals surface area contributed by atoms with Crippen molar-refractivity contribution in [2.24, 2.45) is 0 Å². The zero-order valence-corrected chi connectivity index (χ0v) is 13.9. The number of hydrogen-bond acceptors (Lipinski definition) is 5. The van der Waals surface area contributed by atoms with E-state index in [0.717, 1.165) is 19.3 Å². The summed E-state index contributed by atoms with van der Waals surface area (Å²) in [4.78, 5) is 15.0. The van der Waals surface area contributed by atoms with Gasteiger partial charge in [-0.1, -0.05) is 0 Å². The van der Waals surface area contributed by atoms with Gasteiger partial charge in [0.1, 0.15) is 6.10 Å². The standard InChI is InChI=1S/C18H23NO5/c1-21-17-13-4-6-15(17)24-10-7-19(13)18(20)12-3-5-14-16(11-12)23-9-2-8-22-14/h3,5,11,13,15,17H,2,4,6-10H2,1H3/t13-,15-,17-/m1/s1. The summed E-state index contributed by atoms with van der Waals surface area (Å²) in [5, 5.41) is 0. The van der Waals surface area contributed by atoms with Crippen LogP contribution in [0.2, 0.25) is 0 Å². The maximum atomic E-state index is 13.1. The summed E-state index contributed by atoms with van der Waals surface area (Å²) in [6.45, 7) is 2.40. The van der Waals surface area contributed by atoms with E-state index in [1.807, 2.05) is 17.0 Å². The van der Waals surface area contributed by atoms with Crippen LogP contribution in [0, 0.1) is 0 Å². The fourth-order valence-corrected chi connectivity index (χ4v) is 3.91. The van der Waals surface area contributed by atoms with E-state index in [-0.39, 0.29) is 24.2 Å². The van der Waals surface area contributed by atoms with E-state index >= 15 is 0 Å². The first-order valence-electron chi connectivity index (χ1n) is 8.63. The highest BCUT2D eigenvalue weighted by Gasteiger charge is 2.44. The van der Waals surface area contributed by atoms with Crippen LogP contribution in [0.15, 0.2) is 18.2 Å². The molecular weight excluding hydrogens is 310 g/mol. The topological polar surface area (TPSA) is 57.2 Å². The second-order valence-corrected chi connectivity index (χ2v) is 6.46. The van der Waals surface area contributed by atoms with Crippen molar-refractivity contribution in [3.8, 4) is 11.5 Å². The minimum atomic E-state index is -0.0446. The second kappa shape index (κ2) is 6.61. The van der Waals surface area contributed by atoms with Gasteiger partial charge in [0.15, 0.2) is 11.5 Å². The number of rotatable bonds is 2. The Bertz CT molecular complexity index is 619. The lowest BCUT2D eigenvalue weighted by atomic mass is 10.1. The molecule has 2 bridgehead atoms. The van der Waals surface area contributed by atoms with Gasteiger partial charge >= 0.3 is 0 Å². The SMILES string of the molecule is CO[C@@H]1[C@H]2CC[C@H]1OCCN2C(=O)c1ccc2c(c1)OCCCO2. The molecule has 0 N–H and O–H groups in total. The summed E-state index contributed by atoms with van der Waals surface area (Å²) in [5.74, 6) is 1.36. The highest BCUT2D eigenvalue weighted by molar-refractivity contribution is 5.95. The minimum absolute atomic E-state index is 0.00356. The summed E-state index contributed by atoms with van der Waals surface area (Å²) < 4.78 is 22.8. The van der Waals surface area contributed by atoms with Crippen molar-refractivity contribution < 1.29 is 23.7 Å². The van der Waals surface area contributed by atoms with Crippen LogP contribution in [0.3, 0.4) is 0 Å².